The highest BCUT2D eigenvalue weighted by molar-refractivity contribution is 7.49. The van der Waals surface area contributed by atoms with Gasteiger partial charge in [0.1, 0.15) is 11.4 Å². The lowest BCUT2D eigenvalue weighted by molar-refractivity contribution is -0.153. The van der Waals surface area contributed by atoms with Crippen LogP contribution in [0.4, 0.5) is 0 Å². The summed E-state index contributed by atoms with van der Waals surface area (Å²) in [7, 11) is -4.17. The maximum atomic E-state index is 13.9. The molecular weight excluding hydrogens is 569 g/mol. The molecule has 2 N–H and O–H groups in total. The second kappa shape index (κ2) is 15.3. The van der Waals surface area contributed by atoms with Gasteiger partial charge in [0.25, 0.3) is 5.91 Å². The van der Waals surface area contributed by atoms with Crippen molar-refractivity contribution in [3.8, 4) is 5.75 Å². The van der Waals surface area contributed by atoms with Gasteiger partial charge in [-0.1, -0.05) is 37.3 Å². The third kappa shape index (κ3) is 11.7. The number of nitrogens with one attached hydrogen (secondary N) is 1. The van der Waals surface area contributed by atoms with Gasteiger partial charge in [-0.2, -0.15) is 0 Å². The molecule has 0 bridgehead atoms. The maximum Gasteiger partial charge on any atom is 0.530 e. The first-order valence-electron chi connectivity index (χ1n) is 14.9. The zero-order chi connectivity index (χ0) is 32.6. The standard InChI is InChI=1S/C33H50NO8P/c1-22(2)40-43(38,41-23(3)4)42-28-20-26(31(37)34-33(9,10)27-16-12-11-13-17-27)19-25(21-29(36)39-32(6,7)8)30(28)24(5)15-14-18-35/h11-13,16-17,19-20,22-24,35H,14-15,18,21H2,1-10H3,(H,34,37). The van der Waals surface area contributed by atoms with E-state index < -0.39 is 43.0 Å². The summed E-state index contributed by atoms with van der Waals surface area (Å²) in [5.41, 5.74) is 0.715. The SMILES string of the molecule is CC(C)OP(=O)(Oc1cc(C(=O)NC(C)(C)c2ccccc2)cc(CC(=O)OC(C)(C)C)c1C(C)CCCO)OC(C)C. The molecule has 0 aromatic heterocycles. The van der Waals surface area contributed by atoms with Gasteiger partial charge >= 0.3 is 13.8 Å². The highest BCUT2D eigenvalue weighted by atomic mass is 31.2. The summed E-state index contributed by atoms with van der Waals surface area (Å²) in [4.78, 5) is 26.9. The summed E-state index contributed by atoms with van der Waals surface area (Å²) < 4.78 is 37.0. The van der Waals surface area contributed by atoms with Crippen molar-refractivity contribution in [1.82, 2.24) is 5.32 Å². The molecule has 1 amide bonds. The van der Waals surface area contributed by atoms with Crippen LogP contribution in [0, 0.1) is 0 Å². The van der Waals surface area contributed by atoms with Gasteiger partial charge in [0.05, 0.1) is 24.2 Å². The van der Waals surface area contributed by atoms with Crippen LogP contribution < -0.4 is 9.84 Å². The molecule has 0 saturated carbocycles. The van der Waals surface area contributed by atoms with Gasteiger partial charge in [0.2, 0.25) is 0 Å². The number of amides is 1. The molecule has 1 atom stereocenters. The average Bonchev–Trinajstić information content (AvgIpc) is 2.85. The molecule has 2 aromatic rings. The summed E-state index contributed by atoms with van der Waals surface area (Å²) >= 11 is 0. The second-order valence-corrected chi connectivity index (χ2v) is 14.4. The van der Waals surface area contributed by atoms with E-state index in [2.05, 4.69) is 5.32 Å². The van der Waals surface area contributed by atoms with E-state index in [9.17, 15) is 19.3 Å². The fourth-order valence-electron chi connectivity index (χ4n) is 4.66. The van der Waals surface area contributed by atoms with Gasteiger partial charge in [-0.05, 0) is 104 Å². The van der Waals surface area contributed by atoms with Crippen LogP contribution in [0.1, 0.15) is 115 Å². The molecule has 10 heteroatoms. The summed E-state index contributed by atoms with van der Waals surface area (Å²) in [6.07, 6.45) is -0.0989. The van der Waals surface area contributed by atoms with Gasteiger partial charge in [0.15, 0.2) is 0 Å². The van der Waals surface area contributed by atoms with E-state index in [1.54, 1.807) is 54.5 Å². The number of rotatable bonds is 15. The Morgan fingerprint density at radius 2 is 1.51 bits per heavy atom. The first-order valence-corrected chi connectivity index (χ1v) is 16.4. The molecular formula is C33H50NO8P. The van der Waals surface area contributed by atoms with E-state index in [0.29, 0.717) is 24.0 Å². The summed E-state index contributed by atoms with van der Waals surface area (Å²) in [5, 5.41) is 12.6. The molecule has 0 aliphatic rings. The number of aliphatic hydroxyl groups excluding tert-OH is 1. The average molecular weight is 620 g/mol. The number of carbonyl (C=O) groups excluding carboxylic acids is 2. The van der Waals surface area contributed by atoms with Crippen molar-refractivity contribution in [2.45, 2.75) is 118 Å². The molecule has 9 nitrogen and oxygen atoms in total. The normalized spacial score (nSPS) is 13.2. The van der Waals surface area contributed by atoms with E-state index in [1.807, 2.05) is 51.1 Å². The molecule has 0 fully saturated rings. The van der Waals surface area contributed by atoms with Crippen LogP contribution in [0.25, 0.3) is 0 Å². The Morgan fingerprint density at radius 1 is 0.930 bits per heavy atom. The topological polar surface area (TPSA) is 120 Å². The predicted octanol–water partition coefficient (Wildman–Crippen LogP) is 7.45. The first-order chi connectivity index (χ1) is 19.9. The van der Waals surface area contributed by atoms with Gasteiger partial charge in [0, 0.05) is 17.7 Å². The number of esters is 1. The Balaban J connectivity index is 2.74. The predicted molar refractivity (Wildman–Crippen MR) is 168 cm³/mol. The smallest absolute Gasteiger partial charge is 0.460 e. The molecule has 43 heavy (non-hydrogen) atoms. The van der Waals surface area contributed by atoms with Crippen molar-refractivity contribution in [3.63, 3.8) is 0 Å². The number of ether oxygens (including phenoxy) is 1. The molecule has 0 heterocycles. The largest absolute Gasteiger partial charge is 0.530 e. The number of hydrogen-bond acceptors (Lipinski definition) is 8. The third-order valence-corrected chi connectivity index (χ3v) is 8.12. The van der Waals surface area contributed by atoms with Crippen LogP contribution in [0.2, 0.25) is 0 Å². The van der Waals surface area contributed by atoms with Crippen molar-refractivity contribution in [2.75, 3.05) is 6.61 Å². The van der Waals surface area contributed by atoms with Crippen LogP contribution in [-0.2, 0) is 35.1 Å². The summed E-state index contributed by atoms with van der Waals surface area (Å²) in [6, 6.07) is 12.7. The Morgan fingerprint density at radius 3 is 2.02 bits per heavy atom. The molecule has 0 radical (unpaired) electrons. The molecule has 0 aliphatic heterocycles. The van der Waals surface area contributed by atoms with Crippen molar-refractivity contribution in [2.24, 2.45) is 0 Å². The zero-order valence-electron chi connectivity index (χ0n) is 27.4. The number of hydrogen-bond donors (Lipinski definition) is 2. The summed E-state index contributed by atoms with van der Waals surface area (Å²) in [5.74, 6) is -1.04. The number of carbonyl (C=O) groups is 2. The lowest BCUT2D eigenvalue weighted by Gasteiger charge is -2.29. The molecule has 1 unspecified atom stereocenters. The molecule has 0 aliphatic carbocycles. The van der Waals surface area contributed by atoms with Crippen molar-refractivity contribution in [3.05, 3.63) is 64.7 Å². The van der Waals surface area contributed by atoms with Gasteiger partial charge in [-0.15, -0.1) is 0 Å². The van der Waals surface area contributed by atoms with Gasteiger partial charge in [-0.3, -0.25) is 18.6 Å². The Bertz CT molecular complexity index is 1250. The monoisotopic (exact) mass is 619 g/mol. The van der Waals surface area contributed by atoms with E-state index in [0.717, 1.165) is 5.56 Å². The van der Waals surface area contributed by atoms with Crippen LogP contribution >= 0.6 is 7.82 Å². The van der Waals surface area contributed by atoms with Crippen LogP contribution in [0.5, 0.6) is 5.75 Å². The fourth-order valence-corrected chi connectivity index (χ4v) is 6.22. The number of benzene rings is 2. The molecule has 2 aromatic carbocycles. The number of phosphoric ester groups is 1. The van der Waals surface area contributed by atoms with Crippen molar-refractivity contribution >= 4 is 19.7 Å². The third-order valence-electron chi connectivity index (χ3n) is 6.34. The Labute approximate surface area is 257 Å². The van der Waals surface area contributed by atoms with Gasteiger partial charge in [-0.25, -0.2) is 4.57 Å². The highest BCUT2D eigenvalue weighted by Crippen LogP contribution is 2.53. The number of aliphatic hydroxyl groups is 1. The van der Waals surface area contributed by atoms with E-state index >= 15 is 0 Å². The molecule has 2 rings (SSSR count). The van der Waals surface area contributed by atoms with Crippen molar-refractivity contribution < 1.29 is 37.6 Å². The van der Waals surface area contributed by atoms with Gasteiger partial charge < -0.3 is 19.7 Å². The second-order valence-electron chi connectivity index (χ2n) is 12.9. The van der Waals surface area contributed by atoms with E-state index in [1.165, 1.54) is 6.07 Å². The van der Waals surface area contributed by atoms with Crippen LogP contribution in [0.3, 0.4) is 0 Å². The minimum atomic E-state index is -4.17. The maximum absolute atomic E-state index is 13.9. The van der Waals surface area contributed by atoms with E-state index in [-0.39, 0.29) is 30.3 Å². The van der Waals surface area contributed by atoms with Crippen LogP contribution in [0.15, 0.2) is 42.5 Å². The molecule has 0 spiro atoms. The molecule has 240 valence electrons. The van der Waals surface area contributed by atoms with Crippen molar-refractivity contribution in [1.29, 1.82) is 0 Å². The Kier molecular flexibility index (Phi) is 13.0. The quantitative estimate of drug-likeness (QED) is 0.156. The zero-order valence-corrected chi connectivity index (χ0v) is 28.2. The fraction of sp³-hybridized carbons (Fsp3) is 0.576. The summed E-state index contributed by atoms with van der Waals surface area (Å²) in [6.45, 7) is 17.9. The van der Waals surface area contributed by atoms with Crippen LogP contribution in [-0.4, -0.2) is 41.4 Å². The van der Waals surface area contributed by atoms with E-state index in [4.69, 9.17) is 18.3 Å². The first kappa shape index (κ1) is 36.5. The number of phosphoric acid groups is 1. The lowest BCUT2D eigenvalue weighted by atomic mass is 9.88. The minimum absolute atomic E-state index is 0.0254. The molecule has 0 saturated heterocycles. The lowest BCUT2D eigenvalue weighted by Crippen LogP contribution is -2.41. The Hall–Kier alpha value is -2.71. The minimum Gasteiger partial charge on any atom is -0.460 e. The highest BCUT2D eigenvalue weighted by Gasteiger charge is 2.35.